The zero-order valence-corrected chi connectivity index (χ0v) is 16.4. The maximum atomic E-state index is 12.4. The minimum absolute atomic E-state index is 0.0132. The van der Waals surface area contributed by atoms with E-state index in [1.54, 1.807) is 23.9 Å². The van der Waals surface area contributed by atoms with Crippen molar-refractivity contribution in [3.8, 4) is 0 Å². The van der Waals surface area contributed by atoms with Gasteiger partial charge in [0.05, 0.1) is 11.0 Å². The van der Waals surface area contributed by atoms with Crippen molar-refractivity contribution in [3.05, 3.63) is 34.4 Å². The van der Waals surface area contributed by atoms with Gasteiger partial charge in [-0.3, -0.25) is 19.9 Å². The van der Waals surface area contributed by atoms with E-state index in [4.69, 9.17) is 4.99 Å². The van der Waals surface area contributed by atoms with Gasteiger partial charge in [-0.25, -0.2) is 0 Å². The Morgan fingerprint density at radius 1 is 1.26 bits per heavy atom. The summed E-state index contributed by atoms with van der Waals surface area (Å²) in [5.41, 5.74) is 0.588. The number of hydrogen-bond donors (Lipinski definition) is 1. The molecule has 1 aliphatic carbocycles. The van der Waals surface area contributed by atoms with Crippen LogP contribution in [0.5, 0.6) is 0 Å². The smallest absolute Gasteiger partial charge is 0.269 e. The highest BCUT2D eigenvalue weighted by atomic mass is 32.2. The number of hydrogen-bond acceptors (Lipinski definition) is 5. The van der Waals surface area contributed by atoms with Crippen LogP contribution in [0.2, 0.25) is 0 Å². The molecule has 0 radical (unpaired) electrons. The minimum atomic E-state index is -0.453. The van der Waals surface area contributed by atoms with Crippen LogP contribution in [0.3, 0.4) is 0 Å². The Hall–Kier alpha value is -2.09. The molecule has 2 fully saturated rings. The summed E-state index contributed by atoms with van der Waals surface area (Å²) in [4.78, 5) is 29.7. The van der Waals surface area contributed by atoms with Gasteiger partial charge in [-0.1, -0.05) is 37.4 Å². The summed E-state index contributed by atoms with van der Waals surface area (Å²) in [5, 5.41) is 14.6. The molecule has 1 aromatic carbocycles. The summed E-state index contributed by atoms with van der Waals surface area (Å²) in [6, 6.07) is 6.45. The Labute approximate surface area is 163 Å². The van der Waals surface area contributed by atoms with Crippen molar-refractivity contribution >= 4 is 34.2 Å². The second-order valence-electron chi connectivity index (χ2n) is 7.19. The van der Waals surface area contributed by atoms with Crippen molar-refractivity contribution in [2.45, 2.75) is 57.0 Å². The predicted octanol–water partition coefficient (Wildman–Crippen LogP) is 4.05. The first kappa shape index (κ1) is 19.7. The lowest BCUT2D eigenvalue weighted by Gasteiger charge is -2.21. The minimum Gasteiger partial charge on any atom is -0.350 e. The summed E-state index contributed by atoms with van der Waals surface area (Å²) in [7, 11) is 2.01. The fourth-order valence-electron chi connectivity index (χ4n) is 3.50. The number of thioether (sulfide) groups is 1. The molecular weight excluding hydrogens is 364 g/mol. The van der Waals surface area contributed by atoms with Crippen LogP contribution >= 0.6 is 11.8 Å². The quantitative estimate of drug-likeness (QED) is 0.465. The number of nitrogens with zero attached hydrogens (tertiary/aromatic N) is 3. The van der Waals surface area contributed by atoms with Crippen LogP contribution in [0.4, 0.5) is 11.4 Å². The molecule has 1 N–H and O–H groups in total. The van der Waals surface area contributed by atoms with Gasteiger partial charge in [0.1, 0.15) is 0 Å². The summed E-state index contributed by atoms with van der Waals surface area (Å²) in [5.74, 6) is 0.771. The van der Waals surface area contributed by atoms with Crippen LogP contribution in [0.25, 0.3) is 0 Å². The Morgan fingerprint density at radius 2 is 1.93 bits per heavy atom. The molecule has 7 nitrogen and oxygen atoms in total. The third kappa shape index (κ3) is 5.45. The summed E-state index contributed by atoms with van der Waals surface area (Å²) >= 11 is 1.73. The van der Waals surface area contributed by atoms with Crippen molar-refractivity contribution in [2.75, 3.05) is 18.1 Å². The summed E-state index contributed by atoms with van der Waals surface area (Å²) in [6.45, 7) is 0. The van der Waals surface area contributed by atoms with Gasteiger partial charge < -0.3 is 10.2 Å². The lowest BCUT2D eigenvalue weighted by atomic mass is 10.1. The van der Waals surface area contributed by atoms with Gasteiger partial charge in [0.25, 0.3) is 5.69 Å². The van der Waals surface area contributed by atoms with E-state index in [1.807, 2.05) is 7.05 Å². The van der Waals surface area contributed by atoms with E-state index in [0.29, 0.717) is 18.2 Å². The molecule has 146 valence electrons. The molecule has 2 aliphatic rings. The highest BCUT2D eigenvalue weighted by molar-refractivity contribution is 8.14. The Morgan fingerprint density at radius 3 is 2.56 bits per heavy atom. The third-order valence-corrected chi connectivity index (χ3v) is 6.36. The van der Waals surface area contributed by atoms with Gasteiger partial charge in [0.2, 0.25) is 5.91 Å². The van der Waals surface area contributed by atoms with Crippen LogP contribution in [-0.2, 0) is 4.79 Å². The number of nitro benzene ring substituents is 1. The number of nitrogens with one attached hydrogen (secondary N) is 1. The van der Waals surface area contributed by atoms with Gasteiger partial charge in [-0.15, -0.1) is 0 Å². The zero-order chi connectivity index (χ0) is 19.2. The predicted molar refractivity (Wildman–Crippen MR) is 109 cm³/mol. The molecule has 1 saturated carbocycles. The SMILES string of the molecule is CN1C(=NC2CCCCCC2)SCC1CC(=O)Nc1ccc([N+](=O)[O-])cc1. The molecule has 0 bridgehead atoms. The lowest BCUT2D eigenvalue weighted by Crippen LogP contribution is -2.34. The molecule has 1 heterocycles. The van der Waals surface area contributed by atoms with Gasteiger partial charge in [-0.05, 0) is 25.0 Å². The number of amides is 1. The Bertz CT molecular complexity index is 699. The summed E-state index contributed by atoms with van der Waals surface area (Å²) in [6.07, 6.45) is 7.87. The van der Waals surface area contributed by atoms with Crippen molar-refractivity contribution in [2.24, 2.45) is 4.99 Å². The van der Waals surface area contributed by atoms with Gasteiger partial charge in [0, 0.05) is 43.1 Å². The van der Waals surface area contributed by atoms with E-state index in [0.717, 1.165) is 10.9 Å². The monoisotopic (exact) mass is 390 g/mol. The Balaban J connectivity index is 1.53. The van der Waals surface area contributed by atoms with E-state index in [1.165, 1.54) is 50.7 Å². The molecule has 1 unspecified atom stereocenters. The molecule has 1 aliphatic heterocycles. The zero-order valence-electron chi connectivity index (χ0n) is 15.6. The molecule has 0 aromatic heterocycles. The maximum Gasteiger partial charge on any atom is 0.269 e. The van der Waals surface area contributed by atoms with E-state index >= 15 is 0 Å². The molecular formula is C19H26N4O3S. The molecule has 1 atom stereocenters. The van der Waals surface area contributed by atoms with Gasteiger partial charge in [0.15, 0.2) is 5.17 Å². The van der Waals surface area contributed by atoms with E-state index in [9.17, 15) is 14.9 Å². The molecule has 0 spiro atoms. The number of carbonyl (C=O) groups is 1. The topological polar surface area (TPSA) is 87.8 Å². The third-order valence-electron chi connectivity index (χ3n) is 5.15. The lowest BCUT2D eigenvalue weighted by molar-refractivity contribution is -0.384. The average molecular weight is 391 g/mol. The second-order valence-corrected chi connectivity index (χ2v) is 8.18. The van der Waals surface area contributed by atoms with E-state index in [-0.39, 0.29) is 17.6 Å². The number of rotatable bonds is 5. The normalized spacial score (nSPS) is 22.6. The van der Waals surface area contributed by atoms with Crippen LogP contribution in [0.1, 0.15) is 44.9 Å². The van der Waals surface area contributed by atoms with Gasteiger partial charge >= 0.3 is 0 Å². The van der Waals surface area contributed by atoms with Crippen molar-refractivity contribution in [1.29, 1.82) is 0 Å². The first-order valence-corrected chi connectivity index (χ1v) is 10.5. The second kappa shape index (κ2) is 9.21. The number of anilines is 1. The van der Waals surface area contributed by atoms with E-state index < -0.39 is 4.92 Å². The standard InChI is InChI=1S/C19H26N4O3S/c1-22-17(13-27-19(22)21-14-6-4-2-3-5-7-14)12-18(24)20-15-8-10-16(11-9-15)23(25)26/h8-11,14,17H,2-7,12-13H2,1H3,(H,20,24). The molecule has 1 saturated heterocycles. The number of non-ortho nitro benzene ring substituents is 1. The molecule has 1 amide bonds. The number of carbonyl (C=O) groups excluding carboxylic acids is 1. The molecule has 3 rings (SSSR count). The average Bonchev–Trinajstić information content (AvgIpc) is 2.85. The van der Waals surface area contributed by atoms with Crippen molar-refractivity contribution in [3.63, 3.8) is 0 Å². The molecule has 27 heavy (non-hydrogen) atoms. The first-order valence-electron chi connectivity index (χ1n) is 9.50. The number of aliphatic imine (C=N–C) groups is 1. The first-order chi connectivity index (χ1) is 13.0. The fraction of sp³-hybridized carbons (Fsp3) is 0.579. The van der Waals surface area contributed by atoms with Crippen LogP contribution in [-0.4, -0.2) is 45.8 Å². The van der Waals surface area contributed by atoms with E-state index in [2.05, 4.69) is 10.2 Å². The maximum absolute atomic E-state index is 12.4. The number of benzene rings is 1. The highest BCUT2D eigenvalue weighted by Gasteiger charge is 2.29. The molecule has 1 aromatic rings. The number of amidine groups is 1. The molecule has 8 heteroatoms. The van der Waals surface area contributed by atoms with Crippen LogP contribution in [0.15, 0.2) is 29.3 Å². The fourth-order valence-corrected chi connectivity index (χ4v) is 4.76. The Kier molecular flexibility index (Phi) is 6.71. The largest absolute Gasteiger partial charge is 0.350 e. The van der Waals surface area contributed by atoms with Crippen molar-refractivity contribution in [1.82, 2.24) is 4.90 Å². The highest BCUT2D eigenvalue weighted by Crippen LogP contribution is 2.28. The van der Waals surface area contributed by atoms with Crippen molar-refractivity contribution < 1.29 is 9.72 Å². The summed E-state index contributed by atoms with van der Waals surface area (Å²) < 4.78 is 0. The van der Waals surface area contributed by atoms with Crippen LogP contribution in [0, 0.1) is 10.1 Å². The van der Waals surface area contributed by atoms with Crippen LogP contribution < -0.4 is 5.32 Å². The number of nitro groups is 1. The van der Waals surface area contributed by atoms with Gasteiger partial charge in [-0.2, -0.15) is 0 Å².